The standard InChI is InChI=1S/C8H9NO2S/c10-7(11)8(2-1-3-8)6-4-12-5-9-6/h4-5H,1-3H2,(H,10,11). The van der Waals surface area contributed by atoms with Crippen LogP contribution in [0, 0.1) is 0 Å². The van der Waals surface area contributed by atoms with Crippen molar-refractivity contribution in [2.75, 3.05) is 0 Å². The second-order valence-electron chi connectivity index (χ2n) is 3.11. The monoisotopic (exact) mass is 183 g/mol. The van der Waals surface area contributed by atoms with Crippen molar-refractivity contribution >= 4 is 17.3 Å². The summed E-state index contributed by atoms with van der Waals surface area (Å²) in [6, 6.07) is 0. The minimum atomic E-state index is -0.723. The smallest absolute Gasteiger partial charge is 0.315 e. The highest BCUT2D eigenvalue weighted by Gasteiger charge is 2.47. The van der Waals surface area contributed by atoms with Crippen LogP contribution in [0.25, 0.3) is 0 Å². The van der Waals surface area contributed by atoms with E-state index in [2.05, 4.69) is 4.98 Å². The van der Waals surface area contributed by atoms with Gasteiger partial charge in [0.1, 0.15) is 5.41 Å². The molecule has 1 N–H and O–H groups in total. The number of rotatable bonds is 2. The molecule has 1 aromatic rings. The fourth-order valence-electron chi connectivity index (χ4n) is 1.56. The van der Waals surface area contributed by atoms with Gasteiger partial charge >= 0.3 is 5.97 Å². The Morgan fingerprint density at radius 1 is 1.67 bits per heavy atom. The quantitative estimate of drug-likeness (QED) is 0.758. The highest BCUT2D eigenvalue weighted by molar-refractivity contribution is 7.07. The van der Waals surface area contributed by atoms with Crippen LogP contribution in [0.1, 0.15) is 25.0 Å². The second-order valence-corrected chi connectivity index (χ2v) is 3.83. The van der Waals surface area contributed by atoms with Crippen molar-refractivity contribution in [3.8, 4) is 0 Å². The van der Waals surface area contributed by atoms with Crippen LogP contribution in [0.15, 0.2) is 10.9 Å². The van der Waals surface area contributed by atoms with Gasteiger partial charge in [0.25, 0.3) is 0 Å². The molecule has 1 aromatic heterocycles. The van der Waals surface area contributed by atoms with Crippen LogP contribution in [0.5, 0.6) is 0 Å². The van der Waals surface area contributed by atoms with Gasteiger partial charge in [0.15, 0.2) is 0 Å². The van der Waals surface area contributed by atoms with Gasteiger partial charge in [-0.15, -0.1) is 11.3 Å². The molecule has 1 aliphatic carbocycles. The summed E-state index contributed by atoms with van der Waals surface area (Å²) in [5, 5.41) is 10.9. The molecule has 0 atom stereocenters. The molecule has 1 fully saturated rings. The maximum Gasteiger partial charge on any atom is 0.315 e. The number of carboxylic acid groups (broad SMARTS) is 1. The Hall–Kier alpha value is -0.900. The zero-order valence-electron chi connectivity index (χ0n) is 6.49. The van der Waals surface area contributed by atoms with Crippen LogP contribution in [-0.4, -0.2) is 16.1 Å². The lowest BCUT2D eigenvalue weighted by atomic mass is 9.67. The van der Waals surface area contributed by atoms with E-state index in [4.69, 9.17) is 5.11 Å². The molecule has 12 heavy (non-hydrogen) atoms. The van der Waals surface area contributed by atoms with Crippen molar-refractivity contribution in [2.45, 2.75) is 24.7 Å². The molecule has 1 aliphatic rings. The third-order valence-corrected chi connectivity index (χ3v) is 3.13. The van der Waals surface area contributed by atoms with Gasteiger partial charge in [-0.05, 0) is 12.8 Å². The zero-order chi connectivity index (χ0) is 8.60. The fraction of sp³-hybridized carbons (Fsp3) is 0.500. The van der Waals surface area contributed by atoms with E-state index in [0.717, 1.165) is 25.0 Å². The third-order valence-electron chi connectivity index (χ3n) is 2.54. The summed E-state index contributed by atoms with van der Waals surface area (Å²) in [7, 11) is 0. The minimum absolute atomic E-state index is 0.639. The number of aromatic nitrogens is 1. The summed E-state index contributed by atoms with van der Waals surface area (Å²) in [4.78, 5) is 15.0. The lowest BCUT2D eigenvalue weighted by molar-refractivity contribution is -0.147. The number of thiazole rings is 1. The lowest BCUT2D eigenvalue weighted by Gasteiger charge is -2.35. The molecule has 0 saturated heterocycles. The first-order valence-corrected chi connectivity index (χ1v) is 4.82. The number of nitrogens with zero attached hydrogens (tertiary/aromatic N) is 1. The number of hydrogen-bond donors (Lipinski definition) is 1. The lowest BCUT2D eigenvalue weighted by Crippen LogP contribution is -2.42. The molecule has 0 amide bonds. The van der Waals surface area contributed by atoms with Gasteiger partial charge in [-0.2, -0.15) is 0 Å². The van der Waals surface area contributed by atoms with Crippen LogP contribution in [0.4, 0.5) is 0 Å². The molecule has 0 spiro atoms. The summed E-state index contributed by atoms with van der Waals surface area (Å²) < 4.78 is 0. The van der Waals surface area contributed by atoms with Crippen molar-refractivity contribution in [3.63, 3.8) is 0 Å². The molecular formula is C8H9NO2S. The minimum Gasteiger partial charge on any atom is -0.481 e. The summed E-state index contributed by atoms with van der Waals surface area (Å²) in [6.07, 6.45) is 2.49. The number of carbonyl (C=O) groups is 1. The van der Waals surface area contributed by atoms with E-state index >= 15 is 0 Å². The van der Waals surface area contributed by atoms with Crippen molar-refractivity contribution in [3.05, 3.63) is 16.6 Å². The predicted molar refractivity (Wildman–Crippen MR) is 45.3 cm³/mol. The van der Waals surface area contributed by atoms with Crippen molar-refractivity contribution in [1.82, 2.24) is 4.98 Å². The molecule has 2 rings (SSSR count). The van der Waals surface area contributed by atoms with Gasteiger partial charge in [0.2, 0.25) is 0 Å². The average molecular weight is 183 g/mol. The van der Waals surface area contributed by atoms with E-state index < -0.39 is 11.4 Å². The summed E-state index contributed by atoms with van der Waals surface area (Å²) in [5.41, 5.74) is 1.80. The first-order chi connectivity index (χ1) is 5.76. The highest BCUT2D eigenvalue weighted by Crippen LogP contribution is 2.43. The Kier molecular flexibility index (Phi) is 1.65. The maximum atomic E-state index is 11.0. The third kappa shape index (κ3) is 0.876. The van der Waals surface area contributed by atoms with E-state index in [1.807, 2.05) is 5.38 Å². The van der Waals surface area contributed by atoms with Gasteiger partial charge < -0.3 is 5.11 Å². The number of aliphatic carboxylic acids is 1. The molecule has 0 bridgehead atoms. The van der Waals surface area contributed by atoms with Crippen molar-refractivity contribution in [1.29, 1.82) is 0 Å². The summed E-state index contributed by atoms with van der Waals surface area (Å²) >= 11 is 1.46. The second kappa shape index (κ2) is 2.55. The Morgan fingerprint density at radius 3 is 2.75 bits per heavy atom. The maximum absolute atomic E-state index is 11.0. The molecule has 0 unspecified atom stereocenters. The van der Waals surface area contributed by atoms with Crippen LogP contribution in [-0.2, 0) is 10.2 Å². The molecule has 0 aliphatic heterocycles. The normalized spacial score (nSPS) is 20.0. The summed E-state index contributed by atoms with van der Waals surface area (Å²) in [5.74, 6) is -0.723. The van der Waals surface area contributed by atoms with Gasteiger partial charge in [-0.25, -0.2) is 4.98 Å². The number of carboxylic acids is 1. The molecule has 64 valence electrons. The van der Waals surface area contributed by atoms with E-state index in [-0.39, 0.29) is 0 Å². The molecular weight excluding hydrogens is 174 g/mol. The van der Waals surface area contributed by atoms with E-state index in [9.17, 15) is 4.79 Å². The van der Waals surface area contributed by atoms with Crippen LogP contribution in [0.2, 0.25) is 0 Å². The Labute approximate surface area is 74.1 Å². The van der Waals surface area contributed by atoms with Crippen LogP contribution >= 0.6 is 11.3 Å². The average Bonchev–Trinajstić information content (AvgIpc) is 2.35. The topological polar surface area (TPSA) is 50.2 Å². The molecule has 1 heterocycles. The Morgan fingerprint density at radius 2 is 2.42 bits per heavy atom. The molecule has 4 heteroatoms. The largest absolute Gasteiger partial charge is 0.481 e. The van der Waals surface area contributed by atoms with Crippen molar-refractivity contribution < 1.29 is 9.90 Å². The molecule has 0 radical (unpaired) electrons. The van der Waals surface area contributed by atoms with Crippen LogP contribution < -0.4 is 0 Å². The molecule has 0 aromatic carbocycles. The zero-order valence-corrected chi connectivity index (χ0v) is 7.30. The Balaban J connectivity index is 2.35. The predicted octanol–water partition coefficient (Wildman–Crippen LogP) is 1.65. The van der Waals surface area contributed by atoms with Gasteiger partial charge in [0, 0.05) is 5.38 Å². The van der Waals surface area contributed by atoms with E-state index in [1.165, 1.54) is 11.3 Å². The summed E-state index contributed by atoms with van der Waals surface area (Å²) in [6.45, 7) is 0. The Bertz CT molecular complexity index is 290. The van der Waals surface area contributed by atoms with E-state index in [0.29, 0.717) is 0 Å². The van der Waals surface area contributed by atoms with Crippen LogP contribution in [0.3, 0.4) is 0 Å². The first kappa shape index (κ1) is 7.73. The SMILES string of the molecule is O=C(O)C1(c2cscn2)CCC1. The molecule has 3 nitrogen and oxygen atoms in total. The van der Waals surface area contributed by atoms with Gasteiger partial charge in [-0.3, -0.25) is 4.79 Å². The number of hydrogen-bond acceptors (Lipinski definition) is 3. The fourth-order valence-corrected chi connectivity index (χ4v) is 2.21. The van der Waals surface area contributed by atoms with Gasteiger partial charge in [0.05, 0.1) is 11.2 Å². The highest BCUT2D eigenvalue weighted by atomic mass is 32.1. The van der Waals surface area contributed by atoms with Crippen molar-refractivity contribution in [2.24, 2.45) is 0 Å². The molecule has 1 saturated carbocycles. The van der Waals surface area contributed by atoms with Gasteiger partial charge in [-0.1, -0.05) is 6.42 Å². The van der Waals surface area contributed by atoms with E-state index in [1.54, 1.807) is 5.51 Å². The first-order valence-electron chi connectivity index (χ1n) is 3.88.